The van der Waals surface area contributed by atoms with Gasteiger partial charge < -0.3 is 19.3 Å². The predicted octanol–water partition coefficient (Wildman–Crippen LogP) is 4.16. The van der Waals surface area contributed by atoms with Crippen LogP contribution in [0.25, 0.3) is 11.1 Å². The van der Waals surface area contributed by atoms with Gasteiger partial charge >= 0.3 is 0 Å². The molecule has 2 heterocycles. The fourth-order valence-electron chi connectivity index (χ4n) is 5.59. The lowest BCUT2D eigenvalue weighted by atomic mass is 9.88. The van der Waals surface area contributed by atoms with E-state index in [0.717, 1.165) is 49.9 Å². The summed E-state index contributed by atoms with van der Waals surface area (Å²) in [5, 5.41) is 0.424. The lowest BCUT2D eigenvalue weighted by molar-refractivity contribution is -0.142. The van der Waals surface area contributed by atoms with Gasteiger partial charge in [0, 0.05) is 37.2 Å². The molecule has 1 unspecified atom stereocenters. The Morgan fingerprint density at radius 2 is 1.91 bits per heavy atom. The molecule has 33 heavy (non-hydrogen) atoms. The monoisotopic (exact) mass is 469 g/mol. The second kappa shape index (κ2) is 8.57. The van der Waals surface area contributed by atoms with Crippen LogP contribution in [0.15, 0.2) is 42.5 Å². The molecule has 7 heteroatoms. The highest BCUT2D eigenvalue weighted by Crippen LogP contribution is 2.65. The number of carbonyl (C=O) groups is 1. The predicted molar refractivity (Wildman–Crippen MR) is 128 cm³/mol. The summed E-state index contributed by atoms with van der Waals surface area (Å²) in [6.07, 6.45) is 4.91. The van der Waals surface area contributed by atoms with Gasteiger partial charge in [0.2, 0.25) is 7.37 Å². The van der Waals surface area contributed by atoms with Gasteiger partial charge in [0.15, 0.2) is 0 Å². The highest BCUT2D eigenvalue weighted by Gasteiger charge is 2.55. The van der Waals surface area contributed by atoms with Crippen LogP contribution in [0.2, 0.25) is 0 Å². The van der Waals surface area contributed by atoms with Crippen molar-refractivity contribution in [3.05, 3.63) is 48.0 Å². The molecule has 2 aromatic carbocycles. The van der Waals surface area contributed by atoms with Gasteiger partial charge in [-0.05, 0) is 72.8 Å². The number of piperidine rings is 1. The average Bonchev–Trinajstić information content (AvgIpc) is 3.24. The quantitative estimate of drug-likeness (QED) is 0.666. The van der Waals surface area contributed by atoms with E-state index in [1.165, 1.54) is 18.6 Å². The number of methoxy groups -OCH3 is 1. The summed E-state index contributed by atoms with van der Waals surface area (Å²) in [4.78, 5) is 24.6. The van der Waals surface area contributed by atoms with Gasteiger partial charge in [0.25, 0.3) is 5.91 Å². The number of hydrogen-bond donors (Lipinski definition) is 1. The molecule has 3 atom stereocenters. The van der Waals surface area contributed by atoms with E-state index < -0.39 is 7.37 Å². The third kappa shape index (κ3) is 4.37. The zero-order valence-electron chi connectivity index (χ0n) is 19.3. The molecule has 1 N–H and O–H groups in total. The second-order valence-corrected chi connectivity index (χ2v) is 12.1. The minimum atomic E-state index is -3.34. The van der Waals surface area contributed by atoms with Crippen LogP contribution in [0.3, 0.4) is 0 Å². The Kier molecular flexibility index (Phi) is 5.88. The van der Waals surface area contributed by atoms with E-state index in [-0.39, 0.29) is 12.0 Å². The van der Waals surface area contributed by atoms with Gasteiger partial charge in [-0.1, -0.05) is 24.3 Å². The normalized spacial score (nSPS) is 25.6. The van der Waals surface area contributed by atoms with Crippen molar-refractivity contribution in [1.82, 2.24) is 4.90 Å². The van der Waals surface area contributed by atoms with Crippen molar-refractivity contribution in [3.8, 4) is 16.9 Å². The molecule has 2 saturated heterocycles. The van der Waals surface area contributed by atoms with Gasteiger partial charge in [-0.2, -0.15) is 0 Å². The van der Waals surface area contributed by atoms with Crippen LogP contribution in [0.5, 0.6) is 5.75 Å². The molecule has 1 spiro atoms. The Balaban J connectivity index is 1.27. The maximum absolute atomic E-state index is 12.7. The smallest absolute Gasteiger partial charge is 0.251 e. The molecule has 0 bridgehead atoms. The molecule has 1 saturated carbocycles. The molecule has 5 rings (SSSR count). The van der Waals surface area contributed by atoms with Crippen molar-refractivity contribution < 1.29 is 23.7 Å². The molecule has 0 aromatic heterocycles. The topological polar surface area (TPSA) is 76.1 Å². The number of amides is 1. The van der Waals surface area contributed by atoms with E-state index >= 15 is 0 Å². The molecule has 1 aliphatic carbocycles. The first-order valence-electron chi connectivity index (χ1n) is 11.8. The molecule has 2 aliphatic heterocycles. The van der Waals surface area contributed by atoms with Crippen molar-refractivity contribution in [2.45, 2.75) is 44.1 Å². The maximum atomic E-state index is 12.7. The SMILES string of the molecule is COc1ccc(P(C)(=O)O)cc1-c1ccc([C@H]2CC23CCN(C(=O)[C@H]2CCCO2)CC3)cc1. The summed E-state index contributed by atoms with van der Waals surface area (Å²) < 4.78 is 23.2. The first-order valence-corrected chi connectivity index (χ1v) is 13.9. The van der Waals surface area contributed by atoms with Crippen LogP contribution in [0, 0.1) is 5.41 Å². The Bertz CT molecular complexity index is 1080. The van der Waals surface area contributed by atoms with Crippen LogP contribution in [0.1, 0.15) is 43.6 Å². The Morgan fingerprint density at radius 3 is 2.52 bits per heavy atom. The second-order valence-electron chi connectivity index (χ2n) is 9.83. The largest absolute Gasteiger partial charge is 0.496 e. The number of hydrogen-bond acceptors (Lipinski definition) is 4. The first-order chi connectivity index (χ1) is 15.8. The average molecular weight is 470 g/mol. The van der Waals surface area contributed by atoms with Crippen molar-refractivity contribution in [2.75, 3.05) is 33.5 Å². The summed E-state index contributed by atoms with van der Waals surface area (Å²) in [5.74, 6) is 1.40. The zero-order chi connectivity index (χ0) is 23.2. The van der Waals surface area contributed by atoms with Gasteiger partial charge in [0.05, 0.1) is 7.11 Å². The van der Waals surface area contributed by atoms with Crippen LogP contribution < -0.4 is 10.0 Å². The summed E-state index contributed by atoms with van der Waals surface area (Å²) >= 11 is 0. The van der Waals surface area contributed by atoms with Crippen molar-refractivity contribution in [3.63, 3.8) is 0 Å². The van der Waals surface area contributed by atoms with Crippen LogP contribution in [-0.4, -0.2) is 55.3 Å². The molecular formula is C26H32NO5P. The van der Waals surface area contributed by atoms with E-state index in [2.05, 4.69) is 24.3 Å². The third-order valence-corrected chi connectivity index (χ3v) is 8.99. The Morgan fingerprint density at radius 1 is 1.18 bits per heavy atom. The summed E-state index contributed by atoms with van der Waals surface area (Å²) in [7, 11) is -1.73. The summed E-state index contributed by atoms with van der Waals surface area (Å²) in [6.45, 7) is 3.72. The maximum Gasteiger partial charge on any atom is 0.251 e. The Hall–Kier alpha value is -2.14. The standard InChI is InChI=1S/C26H32NO5P/c1-31-23-10-9-20(33(2,29)30)16-21(23)18-5-7-19(8-6-18)22-17-26(22)11-13-27(14-12-26)25(28)24-4-3-15-32-24/h5-10,16,22,24H,3-4,11-15,17H2,1-2H3,(H,29,30)/t22-,24-/m1/s1. The molecule has 6 nitrogen and oxygen atoms in total. The van der Waals surface area contributed by atoms with Crippen molar-refractivity contribution in [2.24, 2.45) is 5.41 Å². The van der Waals surface area contributed by atoms with E-state index in [0.29, 0.717) is 29.0 Å². The molecule has 3 fully saturated rings. The number of carbonyl (C=O) groups excluding carboxylic acids is 1. The number of rotatable bonds is 5. The molecule has 2 aromatic rings. The third-order valence-electron chi connectivity index (χ3n) is 7.75. The van der Waals surface area contributed by atoms with Gasteiger partial charge in [-0.3, -0.25) is 9.36 Å². The minimum Gasteiger partial charge on any atom is -0.496 e. The van der Waals surface area contributed by atoms with E-state index in [4.69, 9.17) is 9.47 Å². The van der Waals surface area contributed by atoms with Gasteiger partial charge in [-0.15, -0.1) is 0 Å². The molecule has 176 valence electrons. The van der Waals surface area contributed by atoms with Crippen LogP contribution >= 0.6 is 7.37 Å². The molecule has 0 radical (unpaired) electrons. The van der Waals surface area contributed by atoms with Crippen LogP contribution in [-0.2, 0) is 14.1 Å². The van der Waals surface area contributed by atoms with Gasteiger partial charge in [-0.25, -0.2) is 0 Å². The zero-order valence-corrected chi connectivity index (χ0v) is 20.2. The fourth-order valence-corrected chi connectivity index (χ4v) is 6.31. The lowest BCUT2D eigenvalue weighted by Crippen LogP contribution is -2.44. The minimum absolute atomic E-state index is 0.180. The summed E-state index contributed by atoms with van der Waals surface area (Å²) in [5.41, 5.74) is 3.44. The number of benzene rings is 2. The molecule has 1 amide bonds. The molecule has 3 aliphatic rings. The van der Waals surface area contributed by atoms with Crippen molar-refractivity contribution in [1.29, 1.82) is 0 Å². The van der Waals surface area contributed by atoms with Gasteiger partial charge in [0.1, 0.15) is 11.9 Å². The van der Waals surface area contributed by atoms with Crippen molar-refractivity contribution >= 4 is 18.6 Å². The summed E-state index contributed by atoms with van der Waals surface area (Å²) in [6, 6.07) is 13.7. The number of nitrogens with zero attached hydrogens (tertiary/aromatic N) is 1. The number of likely N-dealkylation sites (tertiary alicyclic amines) is 1. The molecular weight excluding hydrogens is 437 g/mol. The highest BCUT2D eigenvalue weighted by atomic mass is 31.2. The van der Waals surface area contributed by atoms with E-state index in [1.807, 2.05) is 4.90 Å². The highest BCUT2D eigenvalue weighted by molar-refractivity contribution is 7.65. The Labute approximate surface area is 195 Å². The van der Waals surface area contributed by atoms with E-state index in [1.54, 1.807) is 25.3 Å². The van der Waals surface area contributed by atoms with Crippen LogP contribution in [0.4, 0.5) is 0 Å². The number of ether oxygens (including phenoxy) is 2. The fraction of sp³-hybridized carbons (Fsp3) is 0.500. The van der Waals surface area contributed by atoms with E-state index in [9.17, 15) is 14.3 Å². The first kappa shape index (κ1) is 22.6. The lowest BCUT2D eigenvalue weighted by Gasteiger charge is -2.34.